The van der Waals surface area contributed by atoms with Gasteiger partial charge in [-0.25, -0.2) is 0 Å². The van der Waals surface area contributed by atoms with Crippen LogP contribution < -0.4 is 4.74 Å². The third kappa shape index (κ3) is 3.03. The summed E-state index contributed by atoms with van der Waals surface area (Å²) in [5.74, 6) is 1.32. The first kappa shape index (κ1) is 14.2. The summed E-state index contributed by atoms with van der Waals surface area (Å²) in [7, 11) is 1.58. The number of ether oxygens (including phenoxy) is 1. The molecule has 1 heterocycles. The number of carbonyl (C=O) groups is 1. The number of amides is 1. The maximum Gasteiger partial charge on any atom is 0.257 e. The minimum atomic E-state index is 0.0191. The third-order valence-electron chi connectivity index (χ3n) is 3.78. The first-order valence-corrected chi connectivity index (χ1v) is 7.04. The lowest BCUT2D eigenvalue weighted by Gasteiger charge is -2.30. The summed E-state index contributed by atoms with van der Waals surface area (Å²) in [6, 6.07) is 3.54. The van der Waals surface area contributed by atoms with Crippen molar-refractivity contribution in [2.75, 3.05) is 20.2 Å². The van der Waals surface area contributed by atoms with Gasteiger partial charge in [-0.3, -0.25) is 4.79 Å². The average molecular weight is 282 g/mol. The lowest BCUT2D eigenvalue weighted by molar-refractivity contribution is 0.0694. The maximum atomic E-state index is 12.5. The molecular formula is C15H20ClNO2. The van der Waals surface area contributed by atoms with Gasteiger partial charge in [-0.2, -0.15) is 0 Å². The summed E-state index contributed by atoms with van der Waals surface area (Å²) in [5.41, 5.74) is 1.48. The molecule has 0 spiro atoms. The summed E-state index contributed by atoms with van der Waals surface area (Å²) in [5, 5.41) is 0.606. The Hall–Kier alpha value is -1.22. The minimum absolute atomic E-state index is 0.0191. The highest BCUT2D eigenvalue weighted by molar-refractivity contribution is 6.31. The molecule has 4 heteroatoms. The summed E-state index contributed by atoms with van der Waals surface area (Å²) in [6.45, 7) is 5.76. The van der Waals surface area contributed by atoms with Crippen molar-refractivity contribution in [2.45, 2.75) is 26.7 Å². The van der Waals surface area contributed by atoms with Crippen LogP contribution in [0.2, 0.25) is 5.02 Å². The zero-order valence-corrected chi connectivity index (χ0v) is 12.5. The van der Waals surface area contributed by atoms with E-state index in [0.29, 0.717) is 22.3 Å². The van der Waals surface area contributed by atoms with Crippen LogP contribution in [0.15, 0.2) is 12.1 Å². The Balaban J connectivity index is 2.25. The lowest BCUT2D eigenvalue weighted by Crippen LogP contribution is -2.38. The third-order valence-corrected chi connectivity index (χ3v) is 4.19. The van der Waals surface area contributed by atoms with Crippen LogP contribution >= 0.6 is 11.6 Å². The zero-order chi connectivity index (χ0) is 14.0. The molecule has 1 amide bonds. The number of piperidine rings is 1. The van der Waals surface area contributed by atoms with Gasteiger partial charge in [0, 0.05) is 18.1 Å². The molecule has 0 bridgehead atoms. The van der Waals surface area contributed by atoms with Gasteiger partial charge in [0.1, 0.15) is 5.75 Å². The number of benzene rings is 1. The molecule has 1 aliphatic rings. The number of hydrogen-bond donors (Lipinski definition) is 0. The molecule has 0 aromatic heterocycles. The Morgan fingerprint density at radius 3 is 2.58 bits per heavy atom. The Morgan fingerprint density at radius 2 is 2.00 bits per heavy atom. The van der Waals surface area contributed by atoms with E-state index in [1.165, 1.54) is 0 Å². The predicted molar refractivity (Wildman–Crippen MR) is 77.0 cm³/mol. The summed E-state index contributed by atoms with van der Waals surface area (Å²) < 4.78 is 5.31. The van der Waals surface area contributed by atoms with E-state index in [2.05, 4.69) is 6.92 Å². The summed E-state index contributed by atoms with van der Waals surface area (Å²) >= 11 is 6.12. The van der Waals surface area contributed by atoms with Crippen LogP contribution in [0, 0.1) is 12.8 Å². The fourth-order valence-corrected chi connectivity index (χ4v) is 2.54. The van der Waals surface area contributed by atoms with E-state index in [-0.39, 0.29) is 5.91 Å². The molecule has 2 rings (SSSR count). The van der Waals surface area contributed by atoms with E-state index < -0.39 is 0 Å². The van der Waals surface area contributed by atoms with Crippen LogP contribution in [-0.2, 0) is 0 Å². The highest BCUT2D eigenvalue weighted by atomic mass is 35.5. The zero-order valence-electron chi connectivity index (χ0n) is 11.7. The van der Waals surface area contributed by atoms with Gasteiger partial charge >= 0.3 is 0 Å². The molecule has 1 fully saturated rings. The second-order valence-electron chi connectivity index (χ2n) is 5.28. The van der Waals surface area contributed by atoms with Gasteiger partial charge < -0.3 is 9.64 Å². The van der Waals surface area contributed by atoms with Crippen molar-refractivity contribution < 1.29 is 9.53 Å². The van der Waals surface area contributed by atoms with Gasteiger partial charge in [0.2, 0.25) is 0 Å². The Labute approximate surface area is 119 Å². The quantitative estimate of drug-likeness (QED) is 0.830. The molecule has 0 saturated carbocycles. The highest BCUT2D eigenvalue weighted by Crippen LogP contribution is 2.28. The van der Waals surface area contributed by atoms with Gasteiger partial charge in [-0.15, -0.1) is 0 Å². The van der Waals surface area contributed by atoms with Crippen LogP contribution in [0.25, 0.3) is 0 Å². The Kier molecular flexibility index (Phi) is 4.35. The van der Waals surface area contributed by atoms with E-state index in [4.69, 9.17) is 16.3 Å². The van der Waals surface area contributed by atoms with Gasteiger partial charge in [-0.1, -0.05) is 18.5 Å². The normalized spacial score (nSPS) is 16.5. The van der Waals surface area contributed by atoms with Crippen LogP contribution in [0.3, 0.4) is 0 Å². The Morgan fingerprint density at radius 1 is 1.37 bits per heavy atom. The standard InChI is InChI=1S/C15H20ClNO2/c1-10-4-6-17(7-5-10)15(18)12-9-13(16)11(2)8-14(12)19-3/h8-10H,4-7H2,1-3H3. The summed E-state index contributed by atoms with van der Waals surface area (Å²) in [4.78, 5) is 14.4. The molecule has 1 aliphatic heterocycles. The van der Waals surface area contributed by atoms with Crippen molar-refractivity contribution in [2.24, 2.45) is 5.92 Å². The largest absolute Gasteiger partial charge is 0.496 e. The van der Waals surface area contributed by atoms with Crippen LogP contribution in [-0.4, -0.2) is 31.0 Å². The molecule has 0 N–H and O–H groups in total. The number of likely N-dealkylation sites (tertiary alicyclic amines) is 1. The van der Waals surface area contributed by atoms with Gasteiger partial charge in [0.25, 0.3) is 5.91 Å². The van der Waals surface area contributed by atoms with Gasteiger partial charge in [0.05, 0.1) is 12.7 Å². The molecule has 1 saturated heterocycles. The SMILES string of the molecule is COc1cc(C)c(Cl)cc1C(=O)N1CCC(C)CC1. The van der Waals surface area contributed by atoms with Crippen LogP contribution in [0.1, 0.15) is 35.7 Å². The monoisotopic (exact) mass is 281 g/mol. The van der Waals surface area contributed by atoms with E-state index in [9.17, 15) is 4.79 Å². The number of aryl methyl sites for hydroxylation is 1. The smallest absolute Gasteiger partial charge is 0.257 e. The topological polar surface area (TPSA) is 29.5 Å². The van der Waals surface area contributed by atoms with E-state index in [1.54, 1.807) is 13.2 Å². The second kappa shape index (κ2) is 5.83. The average Bonchev–Trinajstić information content (AvgIpc) is 2.41. The van der Waals surface area contributed by atoms with Crippen LogP contribution in [0.5, 0.6) is 5.75 Å². The van der Waals surface area contributed by atoms with E-state index in [1.807, 2.05) is 17.9 Å². The molecule has 1 aromatic rings. The molecule has 104 valence electrons. The minimum Gasteiger partial charge on any atom is -0.496 e. The first-order chi connectivity index (χ1) is 9.02. The van der Waals surface area contributed by atoms with Crippen molar-refractivity contribution in [3.8, 4) is 5.75 Å². The fraction of sp³-hybridized carbons (Fsp3) is 0.533. The molecule has 0 radical (unpaired) electrons. The number of carbonyl (C=O) groups excluding carboxylic acids is 1. The van der Waals surface area contributed by atoms with E-state index in [0.717, 1.165) is 31.5 Å². The molecule has 1 aromatic carbocycles. The molecule has 3 nitrogen and oxygen atoms in total. The number of hydrogen-bond acceptors (Lipinski definition) is 2. The highest BCUT2D eigenvalue weighted by Gasteiger charge is 2.24. The summed E-state index contributed by atoms with van der Waals surface area (Å²) in [6.07, 6.45) is 2.13. The van der Waals surface area contributed by atoms with Gasteiger partial charge in [-0.05, 0) is 43.4 Å². The van der Waals surface area contributed by atoms with Crippen molar-refractivity contribution in [3.05, 3.63) is 28.3 Å². The molecule has 19 heavy (non-hydrogen) atoms. The van der Waals surface area contributed by atoms with Crippen molar-refractivity contribution in [1.29, 1.82) is 0 Å². The first-order valence-electron chi connectivity index (χ1n) is 6.66. The second-order valence-corrected chi connectivity index (χ2v) is 5.68. The molecule has 0 unspecified atom stereocenters. The number of nitrogens with zero attached hydrogens (tertiary/aromatic N) is 1. The van der Waals surface area contributed by atoms with Gasteiger partial charge in [0.15, 0.2) is 0 Å². The molecule has 0 aliphatic carbocycles. The fourth-order valence-electron chi connectivity index (χ4n) is 2.37. The molecular weight excluding hydrogens is 262 g/mol. The van der Waals surface area contributed by atoms with Crippen LogP contribution in [0.4, 0.5) is 0 Å². The van der Waals surface area contributed by atoms with Crippen molar-refractivity contribution in [3.63, 3.8) is 0 Å². The predicted octanol–water partition coefficient (Wildman–Crippen LogP) is 3.53. The number of halogens is 1. The van der Waals surface area contributed by atoms with Crippen molar-refractivity contribution in [1.82, 2.24) is 4.90 Å². The Bertz CT molecular complexity index is 479. The van der Waals surface area contributed by atoms with E-state index >= 15 is 0 Å². The molecule has 0 atom stereocenters. The number of rotatable bonds is 2. The lowest BCUT2D eigenvalue weighted by atomic mass is 9.98. The van der Waals surface area contributed by atoms with Crippen molar-refractivity contribution >= 4 is 17.5 Å². The maximum absolute atomic E-state index is 12.5. The number of methoxy groups -OCH3 is 1.